The molecule has 4 nitrogen and oxygen atoms in total. The molecule has 0 saturated carbocycles. The van der Waals surface area contributed by atoms with E-state index in [1.165, 1.54) is 0 Å². The molecule has 0 aliphatic heterocycles. The van der Waals surface area contributed by atoms with Gasteiger partial charge in [-0.2, -0.15) is 0 Å². The molecule has 28 heavy (non-hydrogen) atoms. The fraction of sp³-hybridized carbons (Fsp3) is 0.0417. The van der Waals surface area contributed by atoms with Gasteiger partial charge < -0.3 is 14.6 Å². The van der Waals surface area contributed by atoms with E-state index in [2.05, 4.69) is 4.99 Å². The van der Waals surface area contributed by atoms with Crippen molar-refractivity contribution in [3.8, 4) is 23.0 Å². The van der Waals surface area contributed by atoms with Crippen LogP contribution in [0.25, 0.3) is 10.8 Å². The SMILES string of the molecule is COc1ccccc1Oc1ccc(N=Cc2c(O)ccc3ccccc23)cc1. The highest BCUT2D eigenvalue weighted by Gasteiger charge is 2.06. The number of phenols is 1. The summed E-state index contributed by atoms with van der Waals surface area (Å²) in [6.45, 7) is 0. The maximum Gasteiger partial charge on any atom is 0.169 e. The van der Waals surface area contributed by atoms with E-state index >= 15 is 0 Å². The molecular formula is C24H19NO3. The monoisotopic (exact) mass is 369 g/mol. The second-order valence-electron chi connectivity index (χ2n) is 6.22. The third kappa shape index (κ3) is 3.67. The molecule has 4 rings (SSSR count). The zero-order valence-corrected chi connectivity index (χ0v) is 15.4. The lowest BCUT2D eigenvalue weighted by atomic mass is 10.0. The van der Waals surface area contributed by atoms with Gasteiger partial charge >= 0.3 is 0 Å². The molecule has 0 aromatic heterocycles. The maximum absolute atomic E-state index is 10.2. The predicted octanol–water partition coefficient (Wildman–Crippen LogP) is 6.10. The first-order valence-corrected chi connectivity index (χ1v) is 8.90. The van der Waals surface area contributed by atoms with Crippen LogP contribution in [0.1, 0.15) is 5.56 Å². The number of phenolic OH excluding ortho intramolecular Hbond substituents is 1. The molecule has 0 spiro atoms. The number of para-hydroxylation sites is 2. The molecule has 1 N–H and O–H groups in total. The molecule has 0 heterocycles. The second kappa shape index (κ2) is 7.84. The molecule has 0 radical (unpaired) electrons. The summed E-state index contributed by atoms with van der Waals surface area (Å²) in [6.07, 6.45) is 1.69. The summed E-state index contributed by atoms with van der Waals surface area (Å²) >= 11 is 0. The van der Waals surface area contributed by atoms with Gasteiger partial charge in [-0.3, -0.25) is 4.99 Å². The van der Waals surface area contributed by atoms with Crippen LogP contribution in [0, 0.1) is 0 Å². The van der Waals surface area contributed by atoms with Gasteiger partial charge in [0.2, 0.25) is 0 Å². The van der Waals surface area contributed by atoms with Crippen LogP contribution in [-0.2, 0) is 0 Å². The first kappa shape index (κ1) is 17.6. The molecule has 0 aliphatic carbocycles. The first-order valence-electron chi connectivity index (χ1n) is 8.90. The lowest BCUT2D eigenvalue weighted by Gasteiger charge is -2.09. The van der Waals surface area contributed by atoms with Gasteiger partial charge in [-0.1, -0.05) is 42.5 Å². The predicted molar refractivity (Wildman–Crippen MR) is 112 cm³/mol. The Labute approximate surface area is 163 Å². The van der Waals surface area contributed by atoms with Gasteiger partial charge in [0.25, 0.3) is 0 Å². The van der Waals surface area contributed by atoms with Crippen molar-refractivity contribution in [2.45, 2.75) is 0 Å². The lowest BCUT2D eigenvalue weighted by molar-refractivity contribution is 0.379. The Morgan fingerprint density at radius 3 is 2.29 bits per heavy atom. The van der Waals surface area contributed by atoms with Crippen LogP contribution in [-0.4, -0.2) is 18.4 Å². The summed E-state index contributed by atoms with van der Waals surface area (Å²) in [5.74, 6) is 2.23. The Morgan fingerprint density at radius 1 is 0.786 bits per heavy atom. The third-order valence-corrected chi connectivity index (χ3v) is 4.42. The molecule has 4 aromatic carbocycles. The summed E-state index contributed by atoms with van der Waals surface area (Å²) in [6, 6.07) is 26.4. The molecule has 138 valence electrons. The third-order valence-electron chi connectivity index (χ3n) is 4.42. The molecular weight excluding hydrogens is 350 g/mol. The summed E-state index contributed by atoms with van der Waals surface area (Å²) in [5.41, 5.74) is 1.46. The van der Waals surface area contributed by atoms with Crippen molar-refractivity contribution in [1.82, 2.24) is 0 Å². The Kier molecular flexibility index (Phi) is 4.93. The molecule has 4 heteroatoms. The average molecular weight is 369 g/mol. The Bertz CT molecular complexity index is 1130. The van der Waals surface area contributed by atoms with Crippen molar-refractivity contribution in [3.63, 3.8) is 0 Å². The van der Waals surface area contributed by atoms with Crippen LogP contribution >= 0.6 is 0 Å². The van der Waals surface area contributed by atoms with Crippen molar-refractivity contribution in [3.05, 3.63) is 90.5 Å². The molecule has 4 aromatic rings. The molecule has 0 amide bonds. The molecule has 0 aliphatic rings. The van der Waals surface area contributed by atoms with Gasteiger partial charge in [-0.05, 0) is 53.2 Å². The number of hydrogen-bond donors (Lipinski definition) is 1. The van der Waals surface area contributed by atoms with Crippen molar-refractivity contribution in [2.24, 2.45) is 4.99 Å². The number of fused-ring (bicyclic) bond motifs is 1. The lowest BCUT2D eigenvalue weighted by Crippen LogP contribution is -1.89. The molecule has 0 fully saturated rings. The quantitative estimate of drug-likeness (QED) is 0.433. The Balaban J connectivity index is 1.56. The largest absolute Gasteiger partial charge is 0.507 e. The van der Waals surface area contributed by atoms with E-state index in [-0.39, 0.29) is 5.75 Å². The fourth-order valence-corrected chi connectivity index (χ4v) is 2.99. The topological polar surface area (TPSA) is 51.0 Å². The smallest absolute Gasteiger partial charge is 0.169 e. The fourth-order valence-electron chi connectivity index (χ4n) is 2.99. The van der Waals surface area contributed by atoms with Crippen molar-refractivity contribution >= 4 is 22.7 Å². The summed E-state index contributed by atoms with van der Waals surface area (Å²) in [4.78, 5) is 4.50. The van der Waals surface area contributed by atoms with E-state index in [1.54, 1.807) is 19.4 Å². The number of hydrogen-bond acceptors (Lipinski definition) is 4. The van der Waals surface area contributed by atoms with Crippen LogP contribution in [0.2, 0.25) is 0 Å². The van der Waals surface area contributed by atoms with Gasteiger partial charge in [0.05, 0.1) is 12.8 Å². The molecule has 0 atom stereocenters. The highest BCUT2D eigenvalue weighted by molar-refractivity contribution is 6.02. The normalized spacial score (nSPS) is 11.0. The van der Waals surface area contributed by atoms with E-state index in [0.717, 1.165) is 16.5 Å². The molecule has 0 unspecified atom stereocenters. The standard InChI is InChI=1S/C24H19NO3/c1-27-23-8-4-5-9-24(23)28-19-13-11-18(12-14-19)25-16-21-20-7-3-2-6-17(20)10-15-22(21)26/h2-16,26H,1H3. The van der Waals surface area contributed by atoms with Gasteiger partial charge in [0, 0.05) is 11.8 Å². The highest BCUT2D eigenvalue weighted by Crippen LogP contribution is 2.32. The molecule has 0 bridgehead atoms. The number of aliphatic imine (C=N–C) groups is 1. The number of nitrogens with zero attached hydrogens (tertiary/aromatic N) is 1. The van der Waals surface area contributed by atoms with Crippen molar-refractivity contribution in [2.75, 3.05) is 7.11 Å². The second-order valence-corrected chi connectivity index (χ2v) is 6.22. The number of aromatic hydroxyl groups is 1. The zero-order chi connectivity index (χ0) is 19.3. The molecule has 0 saturated heterocycles. The number of methoxy groups -OCH3 is 1. The van der Waals surface area contributed by atoms with Crippen LogP contribution in [0.4, 0.5) is 5.69 Å². The van der Waals surface area contributed by atoms with Gasteiger partial charge in [0.1, 0.15) is 11.5 Å². The van der Waals surface area contributed by atoms with E-state index in [1.807, 2.05) is 78.9 Å². The Morgan fingerprint density at radius 2 is 1.50 bits per heavy atom. The number of benzene rings is 4. The van der Waals surface area contributed by atoms with Crippen LogP contribution in [0.3, 0.4) is 0 Å². The van der Waals surface area contributed by atoms with E-state index in [4.69, 9.17) is 9.47 Å². The summed E-state index contributed by atoms with van der Waals surface area (Å²) in [5, 5.41) is 12.2. The van der Waals surface area contributed by atoms with Crippen molar-refractivity contribution < 1.29 is 14.6 Å². The number of rotatable bonds is 5. The van der Waals surface area contributed by atoms with E-state index < -0.39 is 0 Å². The highest BCUT2D eigenvalue weighted by atomic mass is 16.5. The Hall–Kier alpha value is -3.79. The summed E-state index contributed by atoms with van der Waals surface area (Å²) < 4.78 is 11.2. The van der Waals surface area contributed by atoms with Crippen LogP contribution in [0.15, 0.2) is 89.9 Å². The minimum absolute atomic E-state index is 0.207. The van der Waals surface area contributed by atoms with E-state index in [0.29, 0.717) is 22.8 Å². The first-order chi connectivity index (χ1) is 13.7. The van der Waals surface area contributed by atoms with Crippen molar-refractivity contribution in [1.29, 1.82) is 0 Å². The van der Waals surface area contributed by atoms with E-state index in [9.17, 15) is 5.11 Å². The minimum Gasteiger partial charge on any atom is -0.507 e. The summed E-state index contributed by atoms with van der Waals surface area (Å²) in [7, 11) is 1.61. The van der Waals surface area contributed by atoms with Crippen LogP contribution < -0.4 is 9.47 Å². The van der Waals surface area contributed by atoms with Gasteiger partial charge in [-0.25, -0.2) is 0 Å². The average Bonchev–Trinajstić information content (AvgIpc) is 2.74. The number of ether oxygens (including phenoxy) is 2. The van der Waals surface area contributed by atoms with Crippen LogP contribution in [0.5, 0.6) is 23.0 Å². The van der Waals surface area contributed by atoms with Gasteiger partial charge in [0.15, 0.2) is 11.5 Å². The minimum atomic E-state index is 0.207. The van der Waals surface area contributed by atoms with Gasteiger partial charge in [-0.15, -0.1) is 0 Å². The maximum atomic E-state index is 10.2. The zero-order valence-electron chi connectivity index (χ0n) is 15.4.